The van der Waals surface area contributed by atoms with Crippen LogP contribution in [0.2, 0.25) is 0 Å². The van der Waals surface area contributed by atoms with E-state index in [0.717, 1.165) is 17.8 Å². The summed E-state index contributed by atoms with van der Waals surface area (Å²) in [5, 5.41) is 11.8. The van der Waals surface area contributed by atoms with E-state index >= 15 is 0 Å². The molecule has 0 aliphatic rings. The SMILES string of the molecule is CC(C)N(C)Cc1ccccc1CNC(=O)CCC(=O)N(CCC#N)c1ccccc1. The quantitative estimate of drug-likeness (QED) is 0.599. The molecular formula is C25H32N4O2. The summed E-state index contributed by atoms with van der Waals surface area (Å²) >= 11 is 0. The third-order valence-corrected chi connectivity index (χ3v) is 5.28. The van der Waals surface area contributed by atoms with Crippen molar-refractivity contribution in [2.45, 2.75) is 52.2 Å². The van der Waals surface area contributed by atoms with Gasteiger partial charge in [-0.2, -0.15) is 5.26 Å². The molecule has 0 radical (unpaired) electrons. The van der Waals surface area contributed by atoms with Crippen LogP contribution in [0.3, 0.4) is 0 Å². The number of nitrogens with one attached hydrogen (secondary N) is 1. The van der Waals surface area contributed by atoms with Gasteiger partial charge in [0, 0.05) is 44.2 Å². The fourth-order valence-electron chi connectivity index (χ4n) is 3.14. The van der Waals surface area contributed by atoms with Gasteiger partial charge in [-0.3, -0.25) is 14.5 Å². The Hall–Kier alpha value is -3.17. The van der Waals surface area contributed by atoms with Gasteiger partial charge in [0.05, 0.1) is 12.5 Å². The van der Waals surface area contributed by atoms with Gasteiger partial charge in [-0.1, -0.05) is 42.5 Å². The summed E-state index contributed by atoms with van der Waals surface area (Å²) in [6, 6.07) is 19.8. The largest absolute Gasteiger partial charge is 0.352 e. The molecule has 0 bridgehead atoms. The molecular weight excluding hydrogens is 388 g/mol. The molecule has 0 unspecified atom stereocenters. The average molecular weight is 421 g/mol. The van der Waals surface area contributed by atoms with E-state index in [9.17, 15) is 9.59 Å². The Morgan fingerprint density at radius 3 is 2.29 bits per heavy atom. The second-order valence-corrected chi connectivity index (χ2v) is 7.84. The van der Waals surface area contributed by atoms with E-state index < -0.39 is 0 Å². The smallest absolute Gasteiger partial charge is 0.227 e. The summed E-state index contributed by atoms with van der Waals surface area (Å²) in [6.45, 7) is 5.87. The molecule has 0 aromatic heterocycles. The van der Waals surface area contributed by atoms with Gasteiger partial charge in [0.1, 0.15) is 0 Å². The highest BCUT2D eigenvalue weighted by Crippen LogP contribution is 2.16. The minimum atomic E-state index is -0.159. The Kier molecular flexibility index (Phi) is 9.73. The van der Waals surface area contributed by atoms with Gasteiger partial charge in [0.25, 0.3) is 0 Å². The molecule has 0 fully saturated rings. The summed E-state index contributed by atoms with van der Waals surface area (Å²) in [5.74, 6) is -0.316. The molecule has 0 aliphatic carbocycles. The third-order valence-electron chi connectivity index (χ3n) is 5.28. The number of nitriles is 1. The molecule has 1 N–H and O–H groups in total. The lowest BCUT2D eigenvalue weighted by molar-refractivity contribution is -0.125. The summed E-state index contributed by atoms with van der Waals surface area (Å²) in [4.78, 5) is 28.9. The lowest BCUT2D eigenvalue weighted by Gasteiger charge is -2.23. The van der Waals surface area contributed by atoms with Crippen LogP contribution in [0.25, 0.3) is 0 Å². The van der Waals surface area contributed by atoms with Gasteiger partial charge in [-0.05, 0) is 44.2 Å². The summed E-state index contributed by atoms with van der Waals surface area (Å²) in [6.07, 6.45) is 0.459. The number of hydrogen-bond donors (Lipinski definition) is 1. The molecule has 0 atom stereocenters. The first kappa shape index (κ1) is 24.1. The third kappa shape index (κ3) is 7.88. The van der Waals surface area contributed by atoms with E-state index in [2.05, 4.69) is 43.2 Å². The number of rotatable bonds is 11. The van der Waals surface area contributed by atoms with Gasteiger partial charge in [-0.15, -0.1) is 0 Å². The van der Waals surface area contributed by atoms with Crippen LogP contribution in [0.1, 0.15) is 44.2 Å². The highest BCUT2D eigenvalue weighted by atomic mass is 16.2. The Labute approximate surface area is 185 Å². The number of hydrogen-bond acceptors (Lipinski definition) is 4. The molecule has 0 saturated carbocycles. The summed E-state index contributed by atoms with van der Waals surface area (Å²) in [5.41, 5.74) is 3.00. The Morgan fingerprint density at radius 2 is 1.65 bits per heavy atom. The molecule has 2 amide bonds. The van der Waals surface area contributed by atoms with Crippen LogP contribution in [0.5, 0.6) is 0 Å². The maximum Gasteiger partial charge on any atom is 0.227 e. The normalized spacial score (nSPS) is 10.7. The first-order valence-electron chi connectivity index (χ1n) is 10.7. The molecule has 6 heteroatoms. The van der Waals surface area contributed by atoms with E-state index in [-0.39, 0.29) is 31.1 Å². The number of nitrogens with zero attached hydrogens (tertiary/aromatic N) is 3. The Bertz CT molecular complexity index is 890. The first-order valence-corrected chi connectivity index (χ1v) is 10.7. The van der Waals surface area contributed by atoms with Gasteiger partial charge >= 0.3 is 0 Å². The number of benzene rings is 2. The average Bonchev–Trinajstić information content (AvgIpc) is 2.78. The fraction of sp³-hybridized carbons (Fsp3) is 0.400. The molecule has 0 aliphatic heterocycles. The van der Waals surface area contributed by atoms with Gasteiger partial charge in [0.15, 0.2) is 0 Å². The molecule has 2 aromatic carbocycles. The standard InChI is InChI=1S/C25H32N4O2/c1-20(2)28(3)19-22-11-8-7-10-21(22)18-27-24(30)14-15-25(31)29(17-9-16-26)23-12-5-4-6-13-23/h4-8,10-13,20H,9,14-15,17-19H2,1-3H3,(H,27,30). The van der Waals surface area contributed by atoms with E-state index in [0.29, 0.717) is 19.1 Å². The van der Waals surface area contributed by atoms with E-state index in [4.69, 9.17) is 5.26 Å². The number of anilines is 1. The van der Waals surface area contributed by atoms with Gasteiger partial charge in [0.2, 0.25) is 11.8 Å². The van der Waals surface area contributed by atoms with Crippen molar-refractivity contribution in [3.8, 4) is 6.07 Å². The van der Waals surface area contributed by atoms with Gasteiger partial charge < -0.3 is 10.2 Å². The fourth-order valence-corrected chi connectivity index (χ4v) is 3.14. The maximum atomic E-state index is 12.7. The lowest BCUT2D eigenvalue weighted by atomic mass is 10.1. The van der Waals surface area contributed by atoms with Crippen LogP contribution < -0.4 is 10.2 Å². The maximum absolute atomic E-state index is 12.7. The van der Waals surface area contributed by atoms with Crippen LogP contribution in [-0.2, 0) is 22.7 Å². The summed E-state index contributed by atoms with van der Waals surface area (Å²) in [7, 11) is 2.08. The Morgan fingerprint density at radius 1 is 1.00 bits per heavy atom. The van der Waals surface area contributed by atoms with Gasteiger partial charge in [-0.25, -0.2) is 0 Å². The number of para-hydroxylation sites is 1. The van der Waals surface area contributed by atoms with Crippen molar-refractivity contribution in [1.82, 2.24) is 10.2 Å². The Balaban J connectivity index is 1.90. The van der Waals surface area contributed by atoms with Crippen molar-refractivity contribution in [3.05, 3.63) is 65.7 Å². The van der Waals surface area contributed by atoms with Crippen LogP contribution in [0.15, 0.2) is 54.6 Å². The molecule has 0 spiro atoms. The zero-order chi connectivity index (χ0) is 22.6. The van der Waals surface area contributed by atoms with Crippen LogP contribution in [0.4, 0.5) is 5.69 Å². The topological polar surface area (TPSA) is 76.4 Å². The molecule has 0 saturated heterocycles. The molecule has 31 heavy (non-hydrogen) atoms. The van der Waals surface area contributed by atoms with Crippen molar-refractivity contribution < 1.29 is 9.59 Å². The zero-order valence-corrected chi connectivity index (χ0v) is 18.7. The second kappa shape index (κ2) is 12.5. The van der Waals surface area contributed by atoms with Crippen LogP contribution in [-0.4, -0.2) is 36.3 Å². The number of amides is 2. The molecule has 0 heterocycles. The van der Waals surface area contributed by atoms with Crippen molar-refractivity contribution in [3.63, 3.8) is 0 Å². The van der Waals surface area contributed by atoms with Crippen molar-refractivity contribution in [1.29, 1.82) is 5.26 Å². The first-order chi connectivity index (χ1) is 14.9. The minimum Gasteiger partial charge on any atom is -0.352 e. The van der Waals surface area contributed by atoms with Crippen molar-refractivity contribution >= 4 is 17.5 Å². The molecule has 2 rings (SSSR count). The zero-order valence-electron chi connectivity index (χ0n) is 18.7. The highest BCUT2D eigenvalue weighted by molar-refractivity contribution is 5.95. The summed E-state index contributed by atoms with van der Waals surface area (Å²) < 4.78 is 0. The molecule has 164 valence electrons. The second-order valence-electron chi connectivity index (χ2n) is 7.84. The van der Waals surface area contributed by atoms with Crippen LogP contribution >= 0.6 is 0 Å². The number of carbonyl (C=O) groups excluding carboxylic acids is 2. The molecule has 2 aromatic rings. The van der Waals surface area contributed by atoms with Crippen LogP contribution in [0, 0.1) is 11.3 Å². The van der Waals surface area contributed by atoms with E-state index in [1.54, 1.807) is 4.90 Å². The lowest BCUT2D eigenvalue weighted by Crippen LogP contribution is -2.33. The molecule has 6 nitrogen and oxygen atoms in total. The monoisotopic (exact) mass is 420 g/mol. The van der Waals surface area contributed by atoms with Crippen molar-refractivity contribution in [2.75, 3.05) is 18.5 Å². The minimum absolute atomic E-state index is 0.101. The predicted molar refractivity (Wildman–Crippen MR) is 123 cm³/mol. The highest BCUT2D eigenvalue weighted by Gasteiger charge is 2.17. The van der Waals surface area contributed by atoms with Crippen molar-refractivity contribution in [2.24, 2.45) is 0 Å². The predicted octanol–water partition coefficient (Wildman–Crippen LogP) is 3.87. The van der Waals surface area contributed by atoms with E-state index in [1.165, 1.54) is 5.56 Å². The van der Waals surface area contributed by atoms with E-state index in [1.807, 2.05) is 48.5 Å². The number of carbonyl (C=O) groups is 2.